The molecule has 1 aromatic heterocycles. The van der Waals surface area contributed by atoms with Crippen LogP contribution in [0.2, 0.25) is 10.0 Å². The van der Waals surface area contributed by atoms with E-state index in [1.165, 1.54) is 6.20 Å². The topological polar surface area (TPSA) is 71.1 Å². The van der Waals surface area contributed by atoms with E-state index in [1.54, 1.807) is 30.3 Å². The molecule has 0 unspecified atom stereocenters. The monoisotopic (exact) mass is 363 g/mol. The van der Waals surface area contributed by atoms with Gasteiger partial charge in [-0.05, 0) is 37.0 Å². The quantitative estimate of drug-likeness (QED) is 0.827. The van der Waals surface area contributed by atoms with Crippen LogP contribution >= 0.6 is 23.2 Å². The lowest BCUT2D eigenvalue weighted by atomic mass is 10.2. The predicted octanol–water partition coefficient (Wildman–Crippen LogP) is 4.38. The van der Waals surface area contributed by atoms with Gasteiger partial charge in [0.25, 0.3) is 5.91 Å². The lowest BCUT2D eigenvalue weighted by Crippen LogP contribution is -2.15. The molecular formula is C17H15Cl2N3O2. The number of pyridine rings is 1. The van der Waals surface area contributed by atoms with Gasteiger partial charge < -0.3 is 10.6 Å². The van der Waals surface area contributed by atoms with Crippen LogP contribution in [-0.4, -0.2) is 16.8 Å². The van der Waals surface area contributed by atoms with Crippen molar-refractivity contribution in [2.24, 2.45) is 5.92 Å². The standard InChI is InChI=1S/C17H15Cl2N3O2/c18-12-2-1-3-13(19)16(12)17(24)21-11-6-7-20-14(9-11)22-15(23)8-10-4-5-10/h1-3,6-7,9-10H,4-5,8H2,(H2,20,21,22,23,24). The maximum atomic E-state index is 12.4. The summed E-state index contributed by atoms with van der Waals surface area (Å²) in [7, 11) is 0. The van der Waals surface area contributed by atoms with Crippen LogP contribution < -0.4 is 10.6 Å². The van der Waals surface area contributed by atoms with Crippen molar-refractivity contribution in [1.82, 2.24) is 4.98 Å². The first kappa shape index (κ1) is 16.7. The Morgan fingerprint density at radius 3 is 2.50 bits per heavy atom. The van der Waals surface area contributed by atoms with E-state index in [-0.39, 0.29) is 21.5 Å². The second-order valence-electron chi connectivity index (χ2n) is 5.68. The molecule has 1 fully saturated rings. The Kier molecular flexibility index (Phi) is 5.02. The maximum absolute atomic E-state index is 12.4. The molecule has 1 aromatic carbocycles. The highest BCUT2D eigenvalue weighted by Gasteiger charge is 2.24. The van der Waals surface area contributed by atoms with Gasteiger partial charge in [0.05, 0.1) is 15.6 Å². The number of anilines is 2. The van der Waals surface area contributed by atoms with Gasteiger partial charge in [0, 0.05) is 24.4 Å². The van der Waals surface area contributed by atoms with E-state index >= 15 is 0 Å². The van der Waals surface area contributed by atoms with Gasteiger partial charge in [-0.1, -0.05) is 29.3 Å². The summed E-state index contributed by atoms with van der Waals surface area (Å²) in [6.07, 6.45) is 4.23. The minimum absolute atomic E-state index is 0.0670. The minimum Gasteiger partial charge on any atom is -0.322 e. The Balaban J connectivity index is 1.69. The minimum atomic E-state index is -0.424. The zero-order valence-electron chi connectivity index (χ0n) is 12.7. The fourth-order valence-corrected chi connectivity index (χ4v) is 2.83. The van der Waals surface area contributed by atoms with Gasteiger partial charge in [0.15, 0.2) is 0 Å². The van der Waals surface area contributed by atoms with Gasteiger partial charge in [-0.25, -0.2) is 4.98 Å². The Morgan fingerprint density at radius 1 is 1.12 bits per heavy atom. The molecule has 1 aliphatic carbocycles. The normalized spacial score (nSPS) is 13.4. The third kappa shape index (κ3) is 4.24. The number of rotatable bonds is 5. The number of nitrogens with one attached hydrogen (secondary N) is 2. The molecule has 0 spiro atoms. The van der Waals surface area contributed by atoms with Crippen molar-refractivity contribution in [3.8, 4) is 0 Å². The molecule has 1 aliphatic rings. The van der Waals surface area contributed by atoms with E-state index < -0.39 is 5.91 Å². The molecule has 0 radical (unpaired) electrons. The van der Waals surface area contributed by atoms with Crippen LogP contribution in [0, 0.1) is 5.92 Å². The molecule has 1 heterocycles. The van der Waals surface area contributed by atoms with E-state index in [0.717, 1.165) is 12.8 Å². The summed E-state index contributed by atoms with van der Waals surface area (Å²) >= 11 is 12.1. The largest absolute Gasteiger partial charge is 0.322 e. The molecule has 2 aromatic rings. The van der Waals surface area contributed by atoms with E-state index in [1.807, 2.05) is 0 Å². The van der Waals surface area contributed by atoms with Crippen LogP contribution in [0.3, 0.4) is 0 Å². The highest BCUT2D eigenvalue weighted by atomic mass is 35.5. The summed E-state index contributed by atoms with van der Waals surface area (Å²) in [5.74, 6) is 0.397. The van der Waals surface area contributed by atoms with Crippen LogP contribution in [0.4, 0.5) is 11.5 Å². The van der Waals surface area contributed by atoms with Crippen molar-refractivity contribution in [3.05, 3.63) is 52.1 Å². The number of carbonyl (C=O) groups is 2. The third-order valence-corrected chi connectivity index (χ3v) is 4.28. The van der Waals surface area contributed by atoms with E-state index in [0.29, 0.717) is 23.8 Å². The number of halogens is 2. The number of hydrogen-bond acceptors (Lipinski definition) is 3. The summed E-state index contributed by atoms with van der Waals surface area (Å²) in [6.45, 7) is 0. The number of amides is 2. The smallest absolute Gasteiger partial charge is 0.258 e. The summed E-state index contributed by atoms with van der Waals surface area (Å²) in [4.78, 5) is 28.3. The van der Waals surface area contributed by atoms with Gasteiger partial charge >= 0.3 is 0 Å². The van der Waals surface area contributed by atoms with Crippen molar-refractivity contribution < 1.29 is 9.59 Å². The first-order valence-corrected chi connectivity index (χ1v) is 8.30. The van der Waals surface area contributed by atoms with Gasteiger partial charge in [-0.3, -0.25) is 9.59 Å². The first-order valence-electron chi connectivity index (χ1n) is 7.54. The Bertz CT molecular complexity index is 771. The van der Waals surface area contributed by atoms with Crippen LogP contribution in [0.15, 0.2) is 36.5 Å². The third-order valence-electron chi connectivity index (χ3n) is 3.65. The van der Waals surface area contributed by atoms with Gasteiger partial charge in [-0.15, -0.1) is 0 Å². The zero-order chi connectivity index (χ0) is 17.1. The molecular weight excluding hydrogens is 349 g/mol. The Labute approximate surface area is 149 Å². The van der Waals surface area contributed by atoms with E-state index in [2.05, 4.69) is 15.6 Å². The zero-order valence-corrected chi connectivity index (χ0v) is 14.2. The average Bonchev–Trinajstić information content (AvgIpc) is 3.31. The van der Waals surface area contributed by atoms with Crippen LogP contribution in [0.5, 0.6) is 0 Å². The number of nitrogens with zero attached hydrogens (tertiary/aromatic N) is 1. The number of aromatic nitrogens is 1. The molecule has 0 aliphatic heterocycles. The van der Waals surface area contributed by atoms with E-state index in [9.17, 15) is 9.59 Å². The van der Waals surface area contributed by atoms with Crippen LogP contribution in [-0.2, 0) is 4.79 Å². The molecule has 5 nitrogen and oxygen atoms in total. The highest BCUT2D eigenvalue weighted by Crippen LogP contribution is 2.32. The molecule has 124 valence electrons. The Morgan fingerprint density at radius 2 is 1.83 bits per heavy atom. The first-order chi connectivity index (χ1) is 11.5. The molecule has 0 saturated heterocycles. The van der Waals surface area contributed by atoms with Gasteiger partial charge in [0.2, 0.25) is 5.91 Å². The second-order valence-corrected chi connectivity index (χ2v) is 6.49. The molecule has 0 bridgehead atoms. The van der Waals surface area contributed by atoms with Gasteiger partial charge in [0.1, 0.15) is 5.82 Å². The van der Waals surface area contributed by atoms with Crippen molar-refractivity contribution in [2.75, 3.05) is 10.6 Å². The average molecular weight is 364 g/mol. The highest BCUT2D eigenvalue weighted by molar-refractivity contribution is 6.40. The predicted molar refractivity (Wildman–Crippen MR) is 94.6 cm³/mol. The fourth-order valence-electron chi connectivity index (χ4n) is 2.26. The second kappa shape index (κ2) is 7.20. The molecule has 7 heteroatoms. The van der Waals surface area contributed by atoms with Gasteiger partial charge in [-0.2, -0.15) is 0 Å². The molecule has 2 amide bonds. The van der Waals surface area contributed by atoms with Crippen LogP contribution in [0.25, 0.3) is 0 Å². The maximum Gasteiger partial charge on any atom is 0.258 e. The SMILES string of the molecule is O=C(CC1CC1)Nc1cc(NC(=O)c2c(Cl)cccc2Cl)ccn1. The lowest BCUT2D eigenvalue weighted by Gasteiger charge is -2.10. The van der Waals surface area contributed by atoms with Crippen molar-refractivity contribution in [3.63, 3.8) is 0 Å². The molecule has 24 heavy (non-hydrogen) atoms. The summed E-state index contributed by atoms with van der Waals surface area (Å²) < 4.78 is 0. The Hall–Kier alpha value is -2.11. The number of hydrogen-bond donors (Lipinski definition) is 2. The molecule has 1 saturated carbocycles. The lowest BCUT2D eigenvalue weighted by molar-refractivity contribution is -0.116. The molecule has 0 atom stereocenters. The molecule has 3 rings (SSSR count). The van der Waals surface area contributed by atoms with Crippen molar-refractivity contribution >= 4 is 46.5 Å². The van der Waals surface area contributed by atoms with Crippen molar-refractivity contribution in [2.45, 2.75) is 19.3 Å². The summed E-state index contributed by atoms with van der Waals surface area (Å²) in [5.41, 5.74) is 0.699. The molecule has 2 N–H and O–H groups in total. The summed E-state index contributed by atoms with van der Waals surface area (Å²) in [5, 5.41) is 5.98. The van der Waals surface area contributed by atoms with Crippen molar-refractivity contribution in [1.29, 1.82) is 0 Å². The summed E-state index contributed by atoms with van der Waals surface area (Å²) in [6, 6.07) is 8.07. The van der Waals surface area contributed by atoms with Crippen LogP contribution in [0.1, 0.15) is 29.6 Å². The fraction of sp³-hybridized carbons (Fsp3) is 0.235. The van der Waals surface area contributed by atoms with E-state index in [4.69, 9.17) is 23.2 Å². The number of benzene rings is 1. The number of carbonyl (C=O) groups excluding carboxylic acids is 2.